The summed E-state index contributed by atoms with van der Waals surface area (Å²) >= 11 is 0. The van der Waals surface area contributed by atoms with E-state index >= 15 is 0 Å². The monoisotopic (exact) mass is 267 g/mol. The quantitative estimate of drug-likeness (QED) is 0.822. The summed E-state index contributed by atoms with van der Waals surface area (Å²) in [6.07, 6.45) is 2.42. The predicted octanol–water partition coefficient (Wildman–Crippen LogP) is 3.20. The van der Waals surface area contributed by atoms with Crippen molar-refractivity contribution in [3.63, 3.8) is 0 Å². The van der Waals surface area contributed by atoms with Crippen LogP contribution >= 0.6 is 0 Å². The number of aromatic nitrogens is 1. The van der Waals surface area contributed by atoms with E-state index in [1.807, 2.05) is 7.05 Å². The summed E-state index contributed by atoms with van der Waals surface area (Å²) in [4.78, 5) is 6.37. The van der Waals surface area contributed by atoms with Crippen molar-refractivity contribution in [2.24, 2.45) is 5.92 Å². The Hall–Kier alpha value is -1.16. The fourth-order valence-corrected chi connectivity index (χ4v) is 1.94. The molecule has 0 radical (unpaired) electrons. The van der Waals surface area contributed by atoms with Crippen LogP contribution in [-0.4, -0.2) is 24.6 Å². The van der Waals surface area contributed by atoms with Crippen LogP contribution in [0.2, 0.25) is 0 Å². The fraction of sp³-hybridized carbons (Fsp3) is 0.667. The van der Waals surface area contributed by atoms with Gasteiger partial charge >= 0.3 is 0 Å². The van der Waals surface area contributed by atoms with E-state index in [0.717, 1.165) is 24.3 Å². The van der Waals surface area contributed by atoms with Gasteiger partial charge in [-0.1, -0.05) is 34.1 Å². The van der Waals surface area contributed by atoms with Crippen molar-refractivity contribution >= 4 is 5.82 Å². The van der Waals surface area contributed by atoms with Crippen molar-refractivity contribution < 1.29 is 4.39 Å². The summed E-state index contributed by atoms with van der Waals surface area (Å²) < 4.78 is 13.4. The summed E-state index contributed by atoms with van der Waals surface area (Å²) in [6.45, 7) is 10.1. The second kappa shape index (κ2) is 7.43. The highest BCUT2D eigenvalue weighted by Gasteiger charge is 2.12. The standard InChI is InChI=1S/C15H26FN3/c1-6-12(4)10-19(5)15-13(8-17-11(2)3)7-14(16)9-18-15/h7,9,11-12,17H,6,8,10H2,1-5H3. The molecule has 0 aliphatic heterocycles. The predicted molar refractivity (Wildman–Crippen MR) is 78.9 cm³/mol. The topological polar surface area (TPSA) is 28.2 Å². The number of pyridine rings is 1. The summed E-state index contributed by atoms with van der Waals surface area (Å²) in [5.74, 6) is 1.19. The lowest BCUT2D eigenvalue weighted by Gasteiger charge is -2.24. The van der Waals surface area contributed by atoms with Crippen LogP contribution in [0.1, 0.15) is 39.7 Å². The van der Waals surface area contributed by atoms with Crippen LogP contribution in [0.15, 0.2) is 12.3 Å². The molecule has 0 bridgehead atoms. The van der Waals surface area contributed by atoms with Gasteiger partial charge in [0.2, 0.25) is 0 Å². The molecule has 1 N–H and O–H groups in total. The Bertz CT molecular complexity index is 393. The van der Waals surface area contributed by atoms with Crippen LogP contribution in [0.5, 0.6) is 0 Å². The Morgan fingerprint density at radius 3 is 2.63 bits per heavy atom. The first-order valence-corrected chi connectivity index (χ1v) is 7.03. The van der Waals surface area contributed by atoms with E-state index in [9.17, 15) is 4.39 Å². The summed E-state index contributed by atoms with van der Waals surface area (Å²) in [6, 6.07) is 1.95. The van der Waals surface area contributed by atoms with Gasteiger partial charge in [-0.25, -0.2) is 9.37 Å². The lowest BCUT2D eigenvalue weighted by molar-refractivity contribution is 0.549. The number of halogens is 1. The molecular formula is C15H26FN3. The molecule has 1 aromatic rings. The number of rotatable bonds is 7. The van der Waals surface area contributed by atoms with Crippen LogP contribution in [0.25, 0.3) is 0 Å². The molecule has 108 valence electrons. The van der Waals surface area contributed by atoms with Gasteiger partial charge in [0.15, 0.2) is 0 Å². The third-order valence-electron chi connectivity index (χ3n) is 3.25. The molecule has 1 atom stereocenters. The molecule has 1 unspecified atom stereocenters. The van der Waals surface area contributed by atoms with Gasteiger partial charge in [-0.2, -0.15) is 0 Å². The van der Waals surface area contributed by atoms with Crippen molar-refractivity contribution in [1.29, 1.82) is 0 Å². The van der Waals surface area contributed by atoms with Gasteiger partial charge in [0.05, 0.1) is 6.20 Å². The molecule has 1 rings (SSSR count). The van der Waals surface area contributed by atoms with Crippen LogP contribution in [0, 0.1) is 11.7 Å². The van der Waals surface area contributed by atoms with E-state index in [1.54, 1.807) is 6.07 Å². The lowest BCUT2D eigenvalue weighted by atomic mass is 10.1. The van der Waals surface area contributed by atoms with Crippen LogP contribution in [0.3, 0.4) is 0 Å². The van der Waals surface area contributed by atoms with Gasteiger partial charge in [0, 0.05) is 31.7 Å². The maximum Gasteiger partial charge on any atom is 0.141 e. The van der Waals surface area contributed by atoms with Crippen LogP contribution < -0.4 is 10.2 Å². The molecule has 0 amide bonds. The molecule has 19 heavy (non-hydrogen) atoms. The number of anilines is 1. The van der Waals surface area contributed by atoms with Crippen molar-refractivity contribution in [2.45, 2.75) is 46.7 Å². The Labute approximate surface area is 116 Å². The molecule has 1 aromatic heterocycles. The number of hydrogen-bond donors (Lipinski definition) is 1. The Kier molecular flexibility index (Phi) is 6.22. The summed E-state index contributed by atoms with van der Waals surface area (Å²) in [7, 11) is 2.02. The minimum atomic E-state index is -0.277. The zero-order valence-electron chi connectivity index (χ0n) is 12.7. The van der Waals surface area contributed by atoms with Crippen molar-refractivity contribution in [3.8, 4) is 0 Å². The molecule has 0 spiro atoms. The Morgan fingerprint density at radius 1 is 1.37 bits per heavy atom. The average Bonchev–Trinajstić information content (AvgIpc) is 2.36. The number of nitrogens with zero attached hydrogens (tertiary/aromatic N) is 2. The van der Waals surface area contributed by atoms with Gasteiger partial charge in [-0.05, 0) is 12.0 Å². The third-order valence-corrected chi connectivity index (χ3v) is 3.25. The van der Waals surface area contributed by atoms with Crippen LogP contribution in [0.4, 0.5) is 10.2 Å². The first kappa shape index (κ1) is 15.9. The zero-order valence-corrected chi connectivity index (χ0v) is 12.7. The molecular weight excluding hydrogens is 241 g/mol. The summed E-state index contributed by atoms with van der Waals surface area (Å²) in [5, 5.41) is 3.32. The lowest BCUT2D eigenvalue weighted by Crippen LogP contribution is -2.28. The van der Waals surface area contributed by atoms with Crippen molar-refractivity contribution in [3.05, 3.63) is 23.6 Å². The van der Waals surface area contributed by atoms with Crippen molar-refractivity contribution in [1.82, 2.24) is 10.3 Å². The number of hydrogen-bond acceptors (Lipinski definition) is 3. The molecule has 4 heteroatoms. The normalized spacial score (nSPS) is 12.8. The molecule has 0 aliphatic rings. The maximum absolute atomic E-state index is 13.4. The van der Waals surface area contributed by atoms with Gasteiger partial charge in [0.25, 0.3) is 0 Å². The number of nitrogens with one attached hydrogen (secondary N) is 1. The van der Waals surface area contributed by atoms with Crippen LogP contribution in [-0.2, 0) is 6.54 Å². The highest BCUT2D eigenvalue weighted by molar-refractivity contribution is 5.46. The van der Waals surface area contributed by atoms with Gasteiger partial charge in [0.1, 0.15) is 11.6 Å². The van der Waals surface area contributed by atoms with Gasteiger partial charge < -0.3 is 10.2 Å². The van der Waals surface area contributed by atoms with Gasteiger partial charge in [-0.3, -0.25) is 0 Å². The van der Waals surface area contributed by atoms with Gasteiger partial charge in [-0.15, -0.1) is 0 Å². The molecule has 0 saturated carbocycles. The average molecular weight is 267 g/mol. The fourth-order valence-electron chi connectivity index (χ4n) is 1.94. The van der Waals surface area contributed by atoms with E-state index in [1.165, 1.54) is 6.20 Å². The van der Waals surface area contributed by atoms with E-state index in [4.69, 9.17) is 0 Å². The molecule has 0 aliphatic carbocycles. The molecule has 0 saturated heterocycles. The highest BCUT2D eigenvalue weighted by atomic mass is 19.1. The molecule has 3 nitrogen and oxygen atoms in total. The highest BCUT2D eigenvalue weighted by Crippen LogP contribution is 2.19. The maximum atomic E-state index is 13.4. The first-order valence-electron chi connectivity index (χ1n) is 7.03. The summed E-state index contributed by atoms with van der Waals surface area (Å²) in [5.41, 5.74) is 0.916. The SMILES string of the molecule is CCC(C)CN(C)c1ncc(F)cc1CNC(C)C. The first-order chi connectivity index (χ1) is 8.93. The molecule has 1 heterocycles. The Morgan fingerprint density at radius 2 is 2.05 bits per heavy atom. The third kappa shape index (κ3) is 5.15. The van der Waals surface area contributed by atoms with Crippen molar-refractivity contribution in [2.75, 3.05) is 18.5 Å². The second-order valence-electron chi connectivity index (χ2n) is 5.57. The second-order valence-corrected chi connectivity index (χ2v) is 5.57. The minimum Gasteiger partial charge on any atom is -0.359 e. The Balaban J connectivity index is 2.85. The minimum absolute atomic E-state index is 0.277. The smallest absolute Gasteiger partial charge is 0.141 e. The van der Waals surface area contributed by atoms with E-state index in [0.29, 0.717) is 18.5 Å². The van der Waals surface area contributed by atoms with E-state index in [-0.39, 0.29) is 5.82 Å². The molecule has 0 fully saturated rings. The molecule has 0 aromatic carbocycles. The largest absolute Gasteiger partial charge is 0.359 e. The van der Waals surface area contributed by atoms with E-state index < -0.39 is 0 Å². The van der Waals surface area contributed by atoms with E-state index in [2.05, 4.69) is 42.9 Å². The zero-order chi connectivity index (χ0) is 14.4.